The molecule has 0 spiro atoms. The van der Waals surface area contributed by atoms with E-state index in [-0.39, 0.29) is 18.5 Å². The van der Waals surface area contributed by atoms with E-state index in [1.54, 1.807) is 7.11 Å². The van der Waals surface area contributed by atoms with Gasteiger partial charge in [-0.25, -0.2) is 4.79 Å². The number of amides is 3. The number of likely N-dealkylation sites (tertiary alicyclic amines) is 1. The Balaban J connectivity index is 2.02. The van der Waals surface area contributed by atoms with Crippen molar-refractivity contribution in [3.05, 3.63) is 29.8 Å². The number of hydrogen-bond acceptors (Lipinski definition) is 4. The molecule has 114 valence electrons. The highest BCUT2D eigenvalue weighted by atomic mass is 16.5. The summed E-state index contributed by atoms with van der Waals surface area (Å²) in [6.07, 6.45) is 2.04. The lowest BCUT2D eigenvalue weighted by Gasteiger charge is -2.24. The quantitative estimate of drug-likeness (QED) is 0.877. The van der Waals surface area contributed by atoms with Crippen molar-refractivity contribution >= 4 is 11.9 Å². The molecule has 6 nitrogen and oxygen atoms in total. The molecule has 1 aliphatic heterocycles. The summed E-state index contributed by atoms with van der Waals surface area (Å²) in [6.45, 7) is 1.07. The van der Waals surface area contributed by atoms with Gasteiger partial charge in [-0.1, -0.05) is 12.1 Å². The number of methoxy groups -OCH3 is 1. The van der Waals surface area contributed by atoms with Crippen LogP contribution in [0.15, 0.2) is 24.3 Å². The van der Waals surface area contributed by atoms with Crippen LogP contribution in [0.25, 0.3) is 0 Å². The molecule has 1 heterocycles. The molecule has 0 unspecified atom stereocenters. The number of nitrogens with zero attached hydrogens (tertiary/aromatic N) is 1. The van der Waals surface area contributed by atoms with E-state index < -0.39 is 6.03 Å². The van der Waals surface area contributed by atoms with Crippen LogP contribution in [0.5, 0.6) is 5.75 Å². The minimum absolute atomic E-state index is 0.190. The molecule has 2 N–H and O–H groups in total. The molecule has 6 heteroatoms. The van der Waals surface area contributed by atoms with E-state index in [9.17, 15) is 9.59 Å². The third kappa shape index (κ3) is 3.95. The fourth-order valence-corrected chi connectivity index (χ4v) is 2.65. The first-order valence-electron chi connectivity index (χ1n) is 7.03. The highest BCUT2D eigenvalue weighted by Gasteiger charge is 2.28. The second-order valence-electron chi connectivity index (χ2n) is 5.03. The first-order chi connectivity index (χ1) is 10.1. The lowest BCUT2D eigenvalue weighted by molar-refractivity contribution is -0.121. The number of urea groups is 1. The third-order valence-corrected chi connectivity index (χ3v) is 3.67. The first kappa shape index (κ1) is 15.3. The maximum atomic E-state index is 11.8. The van der Waals surface area contributed by atoms with E-state index in [4.69, 9.17) is 4.74 Å². The number of carbonyl (C=O) groups is 2. The van der Waals surface area contributed by atoms with Crippen molar-refractivity contribution in [2.24, 2.45) is 0 Å². The van der Waals surface area contributed by atoms with E-state index in [0.29, 0.717) is 0 Å². The number of ether oxygens (including phenoxy) is 1. The molecule has 0 bridgehead atoms. The molecule has 1 fully saturated rings. The summed E-state index contributed by atoms with van der Waals surface area (Å²) in [4.78, 5) is 25.1. The average Bonchev–Trinajstić information content (AvgIpc) is 2.95. The van der Waals surface area contributed by atoms with Gasteiger partial charge in [0.2, 0.25) is 5.91 Å². The van der Waals surface area contributed by atoms with Gasteiger partial charge in [0.05, 0.1) is 13.7 Å². The number of rotatable bonds is 4. The Morgan fingerprint density at radius 3 is 2.95 bits per heavy atom. The summed E-state index contributed by atoms with van der Waals surface area (Å²) in [5.41, 5.74) is 1.14. The Bertz CT molecular complexity index is 519. The zero-order chi connectivity index (χ0) is 15.2. The van der Waals surface area contributed by atoms with Gasteiger partial charge in [-0.2, -0.15) is 0 Å². The summed E-state index contributed by atoms with van der Waals surface area (Å²) >= 11 is 0. The Kier molecular flexibility index (Phi) is 5.16. The van der Waals surface area contributed by atoms with Gasteiger partial charge in [0, 0.05) is 13.1 Å². The van der Waals surface area contributed by atoms with Crippen LogP contribution in [-0.2, 0) is 4.79 Å². The molecule has 1 aliphatic rings. The van der Waals surface area contributed by atoms with E-state index in [2.05, 4.69) is 15.5 Å². The summed E-state index contributed by atoms with van der Waals surface area (Å²) in [5, 5.41) is 4.67. The molecule has 1 aromatic rings. The van der Waals surface area contributed by atoms with E-state index >= 15 is 0 Å². The number of carbonyl (C=O) groups excluding carboxylic acids is 2. The molecule has 2 rings (SSSR count). The molecule has 0 radical (unpaired) electrons. The monoisotopic (exact) mass is 291 g/mol. The topological polar surface area (TPSA) is 70.7 Å². The second kappa shape index (κ2) is 7.08. The molecular formula is C15H21N3O3. The summed E-state index contributed by atoms with van der Waals surface area (Å²) in [5.74, 6) is 0.526. The van der Waals surface area contributed by atoms with E-state index in [0.717, 1.165) is 30.7 Å². The molecule has 1 aromatic carbocycles. The van der Waals surface area contributed by atoms with Crippen LogP contribution in [0, 0.1) is 0 Å². The number of nitrogens with one attached hydrogen (secondary N) is 2. The number of hydrogen-bond donors (Lipinski definition) is 2. The fourth-order valence-electron chi connectivity index (χ4n) is 2.65. The van der Waals surface area contributed by atoms with Crippen molar-refractivity contribution in [2.45, 2.75) is 18.9 Å². The van der Waals surface area contributed by atoms with Gasteiger partial charge >= 0.3 is 6.03 Å². The molecule has 0 aliphatic carbocycles. The Morgan fingerprint density at radius 2 is 2.24 bits per heavy atom. The van der Waals surface area contributed by atoms with Crippen molar-refractivity contribution in [3.8, 4) is 5.75 Å². The molecule has 0 aromatic heterocycles. The molecule has 0 saturated carbocycles. The summed E-state index contributed by atoms with van der Waals surface area (Å²) in [7, 11) is 3.12. The molecular weight excluding hydrogens is 270 g/mol. The smallest absolute Gasteiger partial charge is 0.321 e. The third-order valence-electron chi connectivity index (χ3n) is 3.67. The Labute approximate surface area is 124 Å². The largest absolute Gasteiger partial charge is 0.497 e. The average molecular weight is 291 g/mol. The zero-order valence-corrected chi connectivity index (χ0v) is 12.4. The van der Waals surface area contributed by atoms with Crippen LogP contribution in [0.3, 0.4) is 0 Å². The minimum Gasteiger partial charge on any atom is -0.497 e. The van der Waals surface area contributed by atoms with Crippen LogP contribution in [0.2, 0.25) is 0 Å². The zero-order valence-electron chi connectivity index (χ0n) is 12.4. The van der Waals surface area contributed by atoms with Crippen LogP contribution < -0.4 is 15.4 Å². The van der Waals surface area contributed by atoms with Crippen molar-refractivity contribution in [1.29, 1.82) is 0 Å². The SMILES string of the molecule is CNC(=O)NC(=O)CN1CCC[C@@H]1c1cccc(OC)c1. The fraction of sp³-hybridized carbons (Fsp3) is 0.467. The van der Waals surface area contributed by atoms with Gasteiger partial charge in [-0.3, -0.25) is 15.0 Å². The molecule has 1 saturated heterocycles. The highest BCUT2D eigenvalue weighted by molar-refractivity contribution is 5.95. The van der Waals surface area contributed by atoms with Crippen molar-refractivity contribution in [2.75, 3.05) is 27.2 Å². The number of benzene rings is 1. The lowest BCUT2D eigenvalue weighted by atomic mass is 10.0. The maximum absolute atomic E-state index is 11.8. The van der Waals surface area contributed by atoms with Crippen LogP contribution in [0.4, 0.5) is 4.79 Å². The second-order valence-corrected chi connectivity index (χ2v) is 5.03. The standard InChI is InChI=1S/C15H21N3O3/c1-16-15(20)17-14(19)10-18-8-4-7-13(18)11-5-3-6-12(9-11)21-2/h3,5-6,9,13H,4,7-8,10H2,1-2H3,(H2,16,17,19,20)/t13-/m1/s1. The Hall–Kier alpha value is -2.08. The van der Waals surface area contributed by atoms with Gasteiger partial charge in [-0.05, 0) is 37.1 Å². The van der Waals surface area contributed by atoms with Crippen molar-refractivity contribution in [1.82, 2.24) is 15.5 Å². The Morgan fingerprint density at radius 1 is 1.43 bits per heavy atom. The van der Waals surface area contributed by atoms with Crippen molar-refractivity contribution < 1.29 is 14.3 Å². The molecule has 1 atom stereocenters. The lowest BCUT2D eigenvalue weighted by Crippen LogP contribution is -2.43. The van der Waals surface area contributed by atoms with Crippen LogP contribution in [0.1, 0.15) is 24.4 Å². The van der Waals surface area contributed by atoms with Gasteiger partial charge in [0.15, 0.2) is 0 Å². The predicted octanol–water partition coefficient (Wildman–Crippen LogP) is 1.29. The van der Waals surface area contributed by atoms with Gasteiger partial charge in [0.25, 0.3) is 0 Å². The first-order valence-corrected chi connectivity index (χ1v) is 7.03. The normalized spacial score (nSPS) is 18.3. The van der Waals surface area contributed by atoms with Crippen LogP contribution >= 0.6 is 0 Å². The van der Waals surface area contributed by atoms with Gasteiger partial charge in [0.1, 0.15) is 5.75 Å². The van der Waals surface area contributed by atoms with Crippen molar-refractivity contribution in [3.63, 3.8) is 0 Å². The number of imide groups is 1. The minimum atomic E-state index is -0.475. The van der Waals surface area contributed by atoms with Crippen LogP contribution in [-0.4, -0.2) is 44.1 Å². The molecule has 21 heavy (non-hydrogen) atoms. The summed E-state index contributed by atoms with van der Waals surface area (Å²) in [6, 6.07) is 7.62. The summed E-state index contributed by atoms with van der Waals surface area (Å²) < 4.78 is 5.25. The van der Waals surface area contributed by atoms with Gasteiger partial charge in [-0.15, -0.1) is 0 Å². The van der Waals surface area contributed by atoms with E-state index in [1.807, 2.05) is 24.3 Å². The van der Waals surface area contributed by atoms with E-state index in [1.165, 1.54) is 7.05 Å². The van der Waals surface area contributed by atoms with Gasteiger partial charge < -0.3 is 10.1 Å². The molecule has 3 amide bonds. The maximum Gasteiger partial charge on any atom is 0.321 e. The highest BCUT2D eigenvalue weighted by Crippen LogP contribution is 2.32. The predicted molar refractivity (Wildman–Crippen MR) is 79.1 cm³/mol.